The zero-order chi connectivity index (χ0) is 18.4. The van der Waals surface area contributed by atoms with Gasteiger partial charge in [0.15, 0.2) is 5.17 Å². The smallest absolute Gasteiger partial charge is 0.242 e. The van der Waals surface area contributed by atoms with Crippen LogP contribution in [-0.2, 0) is 11.3 Å². The van der Waals surface area contributed by atoms with Crippen LogP contribution in [0.3, 0.4) is 0 Å². The van der Waals surface area contributed by atoms with E-state index in [0.717, 1.165) is 24.0 Å². The van der Waals surface area contributed by atoms with Crippen molar-refractivity contribution in [2.24, 2.45) is 10.2 Å². The molecule has 0 aliphatic carbocycles. The Kier molecular flexibility index (Phi) is 6.23. The Hall–Kier alpha value is -2.40. The molecular weight excluding hydrogens is 342 g/mol. The van der Waals surface area contributed by atoms with Crippen molar-refractivity contribution in [3.05, 3.63) is 71.3 Å². The number of rotatable bonds is 6. The van der Waals surface area contributed by atoms with Crippen LogP contribution < -0.4 is 0 Å². The highest BCUT2D eigenvalue weighted by Crippen LogP contribution is 2.32. The third-order valence-corrected chi connectivity index (χ3v) is 5.54. The third kappa shape index (κ3) is 4.41. The predicted molar refractivity (Wildman–Crippen MR) is 109 cm³/mol. The fraction of sp³-hybridized carbons (Fsp3) is 0.286. The monoisotopic (exact) mass is 365 g/mol. The molecule has 134 valence electrons. The molecule has 0 radical (unpaired) electrons. The Labute approximate surface area is 159 Å². The highest BCUT2D eigenvalue weighted by Gasteiger charge is 2.37. The van der Waals surface area contributed by atoms with E-state index in [9.17, 15) is 4.79 Å². The lowest BCUT2D eigenvalue weighted by Crippen LogP contribution is -2.31. The highest BCUT2D eigenvalue weighted by atomic mass is 32.2. The molecular formula is C21H23N3OS. The molecule has 2 aromatic carbocycles. The van der Waals surface area contributed by atoms with Gasteiger partial charge in [0.25, 0.3) is 0 Å². The lowest BCUT2D eigenvalue weighted by molar-refractivity contribution is -0.126. The van der Waals surface area contributed by atoms with Gasteiger partial charge in [0, 0.05) is 0 Å². The van der Waals surface area contributed by atoms with E-state index in [1.54, 1.807) is 11.1 Å². The molecule has 2 aromatic rings. The Morgan fingerprint density at radius 3 is 2.58 bits per heavy atom. The van der Waals surface area contributed by atoms with Crippen molar-refractivity contribution in [1.82, 2.24) is 4.90 Å². The van der Waals surface area contributed by atoms with Crippen molar-refractivity contribution < 1.29 is 4.79 Å². The minimum Gasteiger partial charge on any atom is -0.284 e. The number of hydrogen-bond donors (Lipinski definition) is 0. The van der Waals surface area contributed by atoms with Crippen molar-refractivity contribution in [3.63, 3.8) is 0 Å². The van der Waals surface area contributed by atoms with Gasteiger partial charge in [0.2, 0.25) is 5.91 Å². The summed E-state index contributed by atoms with van der Waals surface area (Å²) in [7, 11) is 0. The van der Waals surface area contributed by atoms with Crippen LogP contribution in [0.4, 0.5) is 0 Å². The van der Waals surface area contributed by atoms with Gasteiger partial charge < -0.3 is 0 Å². The Morgan fingerprint density at radius 1 is 1.12 bits per heavy atom. The van der Waals surface area contributed by atoms with Crippen LogP contribution in [0.2, 0.25) is 0 Å². The number of aryl methyl sites for hydroxylation is 1. The maximum Gasteiger partial charge on any atom is 0.242 e. The molecule has 0 bridgehead atoms. The fourth-order valence-electron chi connectivity index (χ4n) is 2.82. The summed E-state index contributed by atoms with van der Waals surface area (Å²) in [6, 6.07) is 18.0. The van der Waals surface area contributed by atoms with E-state index in [2.05, 4.69) is 36.2 Å². The van der Waals surface area contributed by atoms with Crippen molar-refractivity contribution in [1.29, 1.82) is 0 Å². The summed E-state index contributed by atoms with van der Waals surface area (Å²) in [5.41, 5.74) is 3.30. The van der Waals surface area contributed by atoms with Crippen molar-refractivity contribution in [2.75, 3.05) is 0 Å². The number of carbonyl (C=O) groups excluding carboxylic acids is 1. The molecule has 5 heteroatoms. The van der Waals surface area contributed by atoms with Gasteiger partial charge in [0.1, 0.15) is 0 Å². The fourth-order valence-corrected chi connectivity index (χ4v) is 4.03. The molecule has 26 heavy (non-hydrogen) atoms. The van der Waals surface area contributed by atoms with E-state index in [1.165, 1.54) is 17.3 Å². The van der Waals surface area contributed by atoms with Crippen molar-refractivity contribution >= 4 is 29.1 Å². The number of amides is 1. The second-order valence-corrected chi connectivity index (χ2v) is 7.45. The number of thioether (sulfide) groups is 1. The van der Waals surface area contributed by atoms with Crippen LogP contribution in [0.25, 0.3) is 0 Å². The van der Waals surface area contributed by atoms with Crippen molar-refractivity contribution in [3.8, 4) is 0 Å². The molecule has 3 rings (SSSR count). The van der Waals surface area contributed by atoms with E-state index in [-0.39, 0.29) is 11.2 Å². The summed E-state index contributed by atoms with van der Waals surface area (Å²) in [5, 5.41) is 9.20. The third-order valence-electron chi connectivity index (χ3n) is 4.31. The van der Waals surface area contributed by atoms with Gasteiger partial charge in [-0.1, -0.05) is 79.7 Å². The standard InChI is InChI=1S/C21H23N3OS/c1-3-9-19-20(25)24(15-18-13-8-7-10-16(18)2)21(26-19)23-22-14-17-11-5-4-6-12-17/h4-8,10-14,19H,3,9,15H2,1-2H3. The van der Waals surface area contributed by atoms with Gasteiger partial charge in [-0.15, -0.1) is 5.10 Å². The second-order valence-electron chi connectivity index (χ2n) is 6.28. The van der Waals surface area contributed by atoms with Crippen LogP contribution in [0, 0.1) is 6.92 Å². The van der Waals surface area contributed by atoms with Crippen LogP contribution in [-0.4, -0.2) is 27.4 Å². The normalized spacial score (nSPS) is 19.0. The molecule has 1 unspecified atom stereocenters. The number of hydrogen-bond acceptors (Lipinski definition) is 4. The first-order valence-electron chi connectivity index (χ1n) is 8.87. The first-order chi connectivity index (χ1) is 12.7. The topological polar surface area (TPSA) is 45.0 Å². The highest BCUT2D eigenvalue weighted by molar-refractivity contribution is 8.15. The molecule has 1 amide bonds. The van der Waals surface area contributed by atoms with Crippen LogP contribution in [0.15, 0.2) is 64.8 Å². The van der Waals surface area contributed by atoms with Crippen LogP contribution in [0.5, 0.6) is 0 Å². The maximum absolute atomic E-state index is 12.8. The SMILES string of the molecule is CCCC1SC(=NN=Cc2ccccc2)N(Cc2ccccc2C)C1=O. The van der Waals surface area contributed by atoms with Crippen LogP contribution >= 0.6 is 11.8 Å². The average molecular weight is 366 g/mol. The molecule has 1 aliphatic heterocycles. The summed E-state index contributed by atoms with van der Waals surface area (Å²) in [6.45, 7) is 4.71. The van der Waals surface area contributed by atoms with E-state index in [0.29, 0.717) is 11.7 Å². The van der Waals surface area contributed by atoms with Gasteiger partial charge in [-0.3, -0.25) is 9.69 Å². The molecule has 0 spiro atoms. The first kappa shape index (κ1) is 18.4. The van der Waals surface area contributed by atoms with Gasteiger partial charge >= 0.3 is 0 Å². The quantitative estimate of drug-likeness (QED) is 0.553. The van der Waals surface area contributed by atoms with Gasteiger partial charge in [-0.2, -0.15) is 5.10 Å². The first-order valence-corrected chi connectivity index (χ1v) is 9.75. The van der Waals surface area contributed by atoms with Gasteiger partial charge in [-0.05, 0) is 30.0 Å². The predicted octanol–water partition coefficient (Wildman–Crippen LogP) is 4.63. The molecule has 1 fully saturated rings. The summed E-state index contributed by atoms with van der Waals surface area (Å²) >= 11 is 1.52. The van der Waals surface area contributed by atoms with E-state index >= 15 is 0 Å². The molecule has 0 aromatic heterocycles. The Balaban J connectivity index is 1.82. The zero-order valence-corrected chi connectivity index (χ0v) is 15.9. The summed E-state index contributed by atoms with van der Waals surface area (Å²) < 4.78 is 0. The molecule has 0 saturated carbocycles. The Bertz CT molecular complexity index is 817. The number of carbonyl (C=O) groups is 1. The van der Waals surface area contributed by atoms with E-state index in [1.807, 2.05) is 42.5 Å². The van der Waals surface area contributed by atoms with Gasteiger partial charge in [-0.25, -0.2) is 0 Å². The number of nitrogens with zero attached hydrogens (tertiary/aromatic N) is 3. The van der Waals surface area contributed by atoms with Crippen molar-refractivity contribution in [2.45, 2.75) is 38.5 Å². The summed E-state index contributed by atoms with van der Waals surface area (Å²) in [4.78, 5) is 14.6. The Morgan fingerprint density at radius 2 is 1.85 bits per heavy atom. The second kappa shape index (κ2) is 8.81. The van der Waals surface area contributed by atoms with Gasteiger partial charge in [0.05, 0.1) is 18.0 Å². The number of amidine groups is 1. The number of benzene rings is 2. The van der Waals surface area contributed by atoms with E-state index < -0.39 is 0 Å². The van der Waals surface area contributed by atoms with E-state index in [4.69, 9.17) is 0 Å². The molecule has 1 saturated heterocycles. The molecule has 1 atom stereocenters. The largest absolute Gasteiger partial charge is 0.284 e. The maximum atomic E-state index is 12.8. The minimum atomic E-state index is -0.0605. The van der Waals surface area contributed by atoms with Crippen LogP contribution in [0.1, 0.15) is 36.5 Å². The average Bonchev–Trinajstić information content (AvgIpc) is 2.94. The molecule has 0 N–H and O–H groups in total. The summed E-state index contributed by atoms with van der Waals surface area (Å²) in [6.07, 6.45) is 3.55. The molecule has 4 nitrogen and oxygen atoms in total. The lowest BCUT2D eigenvalue weighted by Gasteiger charge is -2.17. The molecule has 1 aliphatic rings. The zero-order valence-electron chi connectivity index (χ0n) is 15.1. The molecule has 1 heterocycles. The lowest BCUT2D eigenvalue weighted by atomic mass is 10.1. The summed E-state index contributed by atoms with van der Waals surface area (Å²) in [5.74, 6) is 0.133. The minimum absolute atomic E-state index is 0.0605.